The van der Waals surface area contributed by atoms with Gasteiger partial charge in [0.1, 0.15) is 5.82 Å². The van der Waals surface area contributed by atoms with Gasteiger partial charge in [0.25, 0.3) is 5.91 Å². The molecular weight excluding hydrogens is 287 g/mol. The Morgan fingerprint density at radius 1 is 1.36 bits per heavy atom. The highest BCUT2D eigenvalue weighted by Crippen LogP contribution is 2.23. The van der Waals surface area contributed by atoms with E-state index in [1.165, 1.54) is 12.5 Å². The largest absolute Gasteiger partial charge is 0.452 e. The number of hydrogen-bond acceptors (Lipinski definition) is 4. The molecular formula is C16H21FN2O3. The number of anilines is 1. The first kappa shape index (κ1) is 16.3. The van der Waals surface area contributed by atoms with E-state index in [1.807, 2.05) is 0 Å². The van der Waals surface area contributed by atoms with E-state index in [4.69, 9.17) is 10.5 Å². The zero-order valence-electron chi connectivity index (χ0n) is 12.6. The molecule has 0 saturated heterocycles. The van der Waals surface area contributed by atoms with Crippen LogP contribution in [-0.4, -0.2) is 24.5 Å². The molecule has 0 bridgehead atoms. The predicted octanol–water partition coefficient (Wildman–Crippen LogP) is 2.26. The fourth-order valence-electron chi connectivity index (χ4n) is 2.71. The number of nitrogen functional groups attached to an aromatic ring is 1. The summed E-state index contributed by atoms with van der Waals surface area (Å²) in [6.45, 7) is 1.74. The molecule has 0 aromatic heterocycles. The Labute approximate surface area is 129 Å². The van der Waals surface area contributed by atoms with Crippen LogP contribution in [0.25, 0.3) is 0 Å². The van der Waals surface area contributed by atoms with E-state index in [-0.39, 0.29) is 29.8 Å². The summed E-state index contributed by atoms with van der Waals surface area (Å²) in [5, 5.41) is 2.89. The fraction of sp³-hybridized carbons (Fsp3) is 0.500. The molecule has 0 heterocycles. The molecule has 0 spiro atoms. The molecule has 1 fully saturated rings. The summed E-state index contributed by atoms with van der Waals surface area (Å²) < 4.78 is 17.9. The predicted molar refractivity (Wildman–Crippen MR) is 80.7 cm³/mol. The van der Waals surface area contributed by atoms with E-state index in [0.717, 1.165) is 31.4 Å². The van der Waals surface area contributed by atoms with Crippen LogP contribution in [0.1, 0.15) is 43.0 Å². The van der Waals surface area contributed by atoms with Gasteiger partial charge in [0.15, 0.2) is 6.61 Å². The first-order chi connectivity index (χ1) is 10.5. The number of ether oxygens (including phenoxy) is 1. The van der Waals surface area contributed by atoms with Crippen molar-refractivity contribution in [2.24, 2.45) is 5.92 Å². The summed E-state index contributed by atoms with van der Waals surface area (Å²) in [6, 6.07) is 3.54. The maximum absolute atomic E-state index is 12.9. The van der Waals surface area contributed by atoms with Crippen LogP contribution in [-0.2, 0) is 9.53 Å². The van der Waals surface area contributed by atoms with Gasteiger partial charge in [-0.15, -0.1) is 0 Å². The third kappa shape index (κ3) is 4.19. The van der Waals surface area contributed by atoms with Crippen LogP contribution in [0.4, 0.5) is 10.1 Å². The topological polar surface area (TPSA) is 81.4 Å². The van der Waals surface area contributed by atoms with Crippen LogP contribution in [0.3, 0.4) is 0 Å². The molecule has 0 aliphatic heterocycles. The third-order valence-corrected chi connectivity index (χ3v) is 4.03. The van der Waals surface area contributed by atoms with Crippen molar-refractivity contribution in [3.8, 4) is 0 Å². The number of carbonyl (C=O) groups excluding carboxylic acids is 2. The van der Waals surface area contributed by atoms with Crippen molar-refractivity contribution in [2.45, 2.75) is 38.6 Å². The smallest absolute Gasteiger partial charge is 0.340 e. The number of benzene rings is 1. The molecule has 0 unspecified atom stereocenters. The van der Waals surface area contributed by atoms with Gasteiger partial charge in [0.05, 0.1) is 5.56 Å². The highest BCUT2D eigenvalue weighted by atomic mass is 19.1. The van der Waals surface area contributed by atoms with Gasteiger partial charge in [-0.2, -0.15) is 0 Å². The second kappa shape index (κ2) is 7.24. The van der Waals surface area contributed by atoms with E-state index in [0.29, 0.717) is 5.92 Å². The minimum absolute atomic E-state index is 0.00805. The van der Waals surface area contributed by atoms with Gasteiger partial charge in [-0.1, -0.05) is 19.8 Å². The van der Waals surface area contributed by atoms with Crippen LogP contribution in [0, 0.1) is 11.7 Å². The Bertz CT molecular complexity index is 562. The van der Waals surface area contributed by atoms with Gasteiger partial charge in [0.2, 0.25) is 0 Å². The minimum Gasteiger partial charge on any atom is -0.452 e. The number of esters is 1. The summed E-state index contributed by atoms with van der Waals surface area (Å²) in [7, 11) is 0. The Morgan fingerprint density at radius 2 is 2.09 bits per heavy atom. The number of rotatable bonds is 4. The van der Waals surface area contributed by atoms with E-state index in [2.05, 4.69) is 12.2 Å². The summed E-state index contributed by atoms with van der Waals surface area (Å²) in [5.74, 6) is -1.16. The first-order valence-electron chi connectivity index (χ1n) is 7.49. The molecule has 3 N–H and O–H groups in total. The first-order valence-corrected chi connectivity index (χ1v) is 7.49. The van der Waals surface area contributed by atoms with Crippen molar-refractivity contribution in [1.29, 1.82) is 0 Å². The van der Waals surface area contributed by atoms with Crippen LogP contribution in [0.15, 0.2) is 18.2 Å². The average molecular weight is 308 g/mol. The third-order valence-electron chi connectivity index (χ3n) is 4.03. The molecule has 1 aliphatic carbocycles. The number of nitrogens with one attached hydrogen (secondary N) is 1. The molecule has 5 nitrogen and oxygen atoms in total. The lowest BCUT2D eigenvalue weighted by atomic mass is 9.86. The summed E-state index contributed by atoms with van der Waals surface area (Å²) in [4.78, 5) is 23.7. The lowest BCUT2D eigenvalue weighted by molar-refractivity contribution is -0.125. The van der Waals surface area contributed by atoms with Gasteiger partial charge < -0.3 is 15.8 Å². The van der Waals surface area contributed by atoms with Crippen molar-refractivity contribution >= 4 is 17.6 Å². The Kier molecular flexibility index (Phi) is 5.35. The summed E-state index contributed by atoms with van der Waals surface area (Å²) >= 11 is 0. The number of halogens is 1. The molecule has 2 atom stereocenters. The average Bonchev–Trinajstić information content (AvgIpc) is 2.47. The lowest BCUT2D eigenvalue weighted by Gasteiger charge is -2.29. The van der Waals surface area contributed by atoms with E-state index < -0.39 is 11.8 Å². The standard InChI is InChI=1S/C16H21FN2O3/c1-10-4-2-3-5-14(10)19-15(20)9-22-16(21)12-7-6-11(17)8-13(12)18/h6-8,10,14H,2-5,9,18H2,1H3,(H,19,20)/t10-,14-/m0/s1. The molecule has 1 amide bonds. The zero-order valence-corrected chi connectivity index (χ0v) is 12.6. The maximum atomic E-state index is 12.9. The number of hydrogen-bond donors (Lipinski definition) is 2. The van der Waals surface area contributed by atoms with Crippen molar-refractivity contribution in [3.63, 3.8) is 0 Å². The van der Waals surface area contributed by atoms with Crippen LogP contribution in [0.5, 0.6) is 0 Å². The Hall–Kier alpha value is -2.11. The number of amides is 1. The van der Waals surface area contributed by atoms with Gasteiger partial charge >= 0.3 is 5.97 Å². The number of nitrogens with two attached hydrogens (primary N) is 1. The fourth-order valence-corrected chi connectivity index (χ4v) is 2.71. The van der Waals surface area contributed by atoms with Gasteiger partial charge in [0, 0.05) is 11.7 Å². The lowest BCUT2D eigenvalue weighted by Crippen LogP contribution is -2.42. The van der Waals surface area contributed by atoms with Crippen LogP contribution < -0.4 is 11.1 Å². The SMILES string of the molecule is C[C@H]1CCCC[C@@H]1NC(=O)COC(=O)c1ccc(F)cc1N. The second-order valence-electron chi connectivity index (χ2n) is 5.74. The molecule has 22 heavy (non-hydrogen) atoms. The molecule has 2 rings (SSSR count). The molecule has 1 saturated carbocycles. The molecule has 0 radical (unpaired) electrons. The molecule has 1 aliphatic rings. The molecule has 120 valence electrons. The van der Waals surface area contributed by atoms with E-state index >= 15 is 0 Å². The minimum atomic E-state index is -0.732. The second-order valence-corrected chi connectivity index (χ2v) is 5.74. The molecule has 6 heteroatoms. The van der Waals surface area contributed by atoms with Crippen molar-refractivity contribution in [2.75, 3.05) is 12.3 Å². The maximum Gasteiger partial charge on any atom is 0.340 e. The van der Waals surface area contributed by atoms with Crippen molar-refractivity contribution in [1.82, 2.24) is 5.32 Å². The molecule has 1 aromatic carbocycles. The van der Waals surface area contributed by atoms with Gasteiger partial charge in [-0.3, -0.25) is 4.79 Å². The van der Waals surface area contributed by atoms with E-state index in [9.17, 15) is 14.0 Å². The normalized spacial score (nSPS) is 21.2. The highest BCUT2D eigenvalue weighted by molar-refractivity contribution is 5.96. The highest BCUT2D eigenvalue weighted by Gasteiger charge is 2.23. The Balaban J connectivity index is 1.84. The molecule has 1 aromatic rings. The summed E-state index contributed by atoms with van der Waals surface area (Å²) in [5.41, 5.74) is 5.60. The van der Waals surface area contributed by atoms with Crippen molar-refractivity contribution < 1.29 is 18.7 Å². The van der Waals surface area contributed by atoms with Crippen LogP contribution in [0.2, 0.25) is 0 Å². The van der Waals surface area contributed by atoms with Crippen LogP contribution >= 0.6 is 0 Å². The van der Waals surface area contributed by atoms with E-state index in [1.54, 1.807) is 0 Å². The summed E-state index contributed by atoms with van der Waals surface area (Å²) in [6.07, 6.45) is 4.33. The van der Waals surface area contributed by atoms with Crippen molar-refractivity contribution in [3.05, 3.63) is 29.6 Å². The number of carbonyl (C=O) groups is 2. The Morgan fingerprint density at radius 3 is 2.77 bits per heavy atom. The monoisotopic (exact) mass is 308 g/mol. The zero-order chi connectivity index (χ0) is 16.1. The quantitative estimate of drug-likeness (QED) is 0.660. The van der Waals surface area contributed by atoms with Gasteiger partial charge in [-0.25, -0.2) is 9.18 Å². The van der Waals surface area contributed by atoms with Gasteiger partial charge in [-0.05, 0) is 37.0 Å².